The molecule has 0 saturated carbocycles. The Hall–Kier alpha value is -18.7. The number of fused-ring (bicyclic) bond motifs is 6. The first kappa shape index (κ1) is 93.6. The molecule has 0 unspecified atom stereocenters. The van der Waals surface area contributed by atoms with E-state index in [0.29, 0.717) is 0 Å². The van der Waals surface area contributed by atoms with Gasteiger partial charge in [0.05, 0.1) is 0 Å². The SMILES string of the molecule is CC(C)(C)c1ccc2c(c1)B(c1c(-c3ccccc3)cccc1-c1ccccc1)c1ccccc1N2c1ccccc1.c1ccc(-c2cccc(-c3ccccc3)c2B2c3ccccc3N(c3ccc(-c4ccc(N(c5ccccc5)c5ccccc5)cc4)cc3)c3ccccc32)cc1.c1ccc(-c2cccc(-c3ccccc3)c2B2c3ccccc3N(c3ccc(N(c4ccccc4)c4ccccc4)cc3)c3ccccc32)cc1. The van der Waals surface area contributed by atoms with Gasteiger partial charge in [0.2, 0.25) is 20.1 Å². The second-order valence-electron chi connectivity index (χ2n) is 39.6. The van der Waals surface area contributed by atoms with Crippen molar-refractivity contribution in [1.82, 2.24) is 0 Å². The molecule has 0 atom stereocenters. The van der Waals surface area contributed by atoms with Crippen molar-refractivity contribution >= 4 is 155 Å². The minimum atomic E-state index is 0.0180. The summed E-state index contributed by atoms with van der Waals surface area (Å²) in [5, 5.41) is 0. The molecule has 26 rings (SSSR count). The Bertz CT molecular complexity index is 8290. The molecule has 0 spiro atoms. The van der Waals surface area contributed by atoms with E-state index in [9.17, 15) is 0 Å². The Morgan fingerprint density at radius 1 is 0.153 bits per heavy atom. The molecule has 0 aromatic heterocycles. The Morgan fingerprint density at radius 2 is 0.347 bits per heavy atom. The summed E-state index contributed by atoms with van der Waals surface area (Å²) in [6.07, 6.45) is 0. The van der Waals surface area contributed by atoms with Crippen LogP contribution in [0, 0.1) is 0 Å². The molecule has 5 nitrogen and oxygen atoms in total. The maximum Gasteiger partial charge on any atom is 0.248 e. The van der Waals surface area contributed by atoms with Gasteiger partial charge in [0.1, 0.15) is 0 Å². The topological polar surface area (TPSA) is 16.2 Å². The molecular formula is C142H108B3N5. The van der Waals surface area contributed by atoms with Crippen LogP contribution in [0.2, 0.25) is 0 Å². The van der Waals surface area contributed by atoms with Crippen molar-refractivity contribution in [1.29, 1.82) is 0 Å². The number of nitrogens with zero attached hydrogens (tertiary/aromatic N) is 5. The average Bonchev–Trinajstić information content (AvgIpc) is 0.725. The van der Waals surface area contributed by atoms with Crippen molar-refractivity contribution in [2.24, 2.45) is 0 Å². The molecular weight excluding hydrogens is 1810 g/mol. The van der Waals surface area contributed by atoms with Crippen LogP contribution in [0.4, 0.5) is 85.3 Å². The molecule has 3 aliphatic rings. The van der Waals surface area contributed by atoms with Crippen LogP contribution < -0.4 is 73.7 Å². The van der Waals surface area contributed by atoms with E-state index in [1.807, 2.05) is 0 Å². The number of hydrogen-bond acceptors (Lipinski definition) is 5. The minimum absolute atomic E-state index is 0.0180. The molecule has 23 aromatic carbocycles. The first-order valence-electron chi connectivity index (χ1n) is 52.0. The Kier molecular flexibility index (Phi) is 26.3. The molecule has 710 valence electrons. The third-order valence-electron chi connectivity index (χ3n) is 29.6. The van der Waals surface area contributed by atoms with Crippen LogP contribution >= 0.6 is 0 Å². The van der Waals surface area contributed by atoms with Crippen LogP contribution in [-0.2, 0) is 5.41 Å². The summed E-state index contributed by atoms with van der Waals surface area (Å²) in [5.41, 5.74) is 47.9. The van der Waals surface area contributed by atoms with E-state index in [2.05, 4.69) is 646 Å². The van der Waals surface area contributed by atoms with E-state index < -0.39 is 0 Å². The highest BCUT2D eigenvalue weighted by Crippen LogP contribution is 2.46. The Balaban J connectivity index is 0.000000121. The molecule has 3 heterocycles. The predicted molar refractivity (Wildman–Crippen MR) is 643 cm³/mol. The van der Waals surface area contributed by atoms with Crippen LogP contribution in [-0.4, -0.2) is 20.1 Å². The summed E-state index contributed by atoms with van der Waals surface area (Å²) < 4.78 is 0. The molecule has 0 fully saturated rings. The maximum atomic E-state index is 2.47. The molecule has 3 aliphatic heterocycles. The van der Waals surface area contributed by atoms with Crippen molar-refractivity contribution < 1.29 is 0 Å². The quantitative estimate of drug-likeness (QED) is 0.0748. The van der Waals surface area contributed by atoms with Crippen LogP contribution in [0.3, 0.4) is 0 Å². The van der Waals surface area contributed by atoms with Gasteiger partial charge >= 0.3 is 0 Å². The standard InChI is InChI=1S/C54H39BN2.C48H35BN2.C40H34BN/c1-5-18-42(19-6-1)48-26-17-27-49(43-20-7-2-8-21-43)54(48)55-50-28-13-15-30-52(50)57(53-31-16-14-29-51(53)55)47-38-34-41(35-39-47)40-32-36-46(37-33-40)56(44-22-9-3-10-23-44)45-24-11-4-12-25-45;1-5-18-36(19-6-1)42-26-17-27-43(37-20-7-2-8-21-37)48(42)49-44-28-13-15-30-46(44)51(47-31-16-14-29-45(47)49)41-34-32-40(33-35-41)50(38-22-9-3-10-23-38)39-24-11-4-12-25-39;1-40(2,3)31-26-27-38-36(28-31)41(35-24-13-14-25-37(35)42(38)32-20-11-6-12-21-32)39-33(29-16-7-4-8-17-29)22-15-23-34(39)30-18-9-5-10-19-30/h1-39H;1-35H;4-28H,1-3H3. The van der Waals surface area contributed by atoms with Gasteiger partial charge in [-0.05, 0) is 267 Å². The fourth-order valence-corrected chi connectivity index (χ4v) is 22.8. The highest BCUT2D eigenvalue weighted by Gasteiger charge is 2.43. The van der Waals surface area contributed by atoms with Crippen LogP contribution in [0.1, 0.15) is 26.3 Å². The van der Waals surface area contributed by atoms with Gasteiger partial charge in [0.25, 0.3) is 0 Å². The summed E-state index contributed by atoms with van der Waals surface area (Å²) in [7, 11) is 0. The summed E-state index contributed by atoms with van der Waals surface area (Å²) in [4.78, 5) is 11.9. The van der Waals surface area contributed by atoms with Gasteiger partial charge in [0.15, 0.2) is 0 Å². The number of benzene rings is 23. The fourth-order valence-electron chi connectivity index (χ4n) is 22.8. The molecule has 0 radical (unpaired) electrons. The van der Waals surface area contributed by atoms with E-state index in [-0.39, 0.29) is 25.6 Å². The molecule has 0 aliphatic carbocycles. The summed E-state index contributed by atoms with van der Waals surface area (Å²) in [5.74, 6) is 0. The first-order valence-corrected chi connectivity index (χ1v) is 52.0. The van der Waals surface area contributed by atoms with Gasteiger partial charge < -0.3 is 24.5 Å². The lowest BCUT2D eigenvalue weighted by atomic mass is 9.33. The third kappa shape index (κ3) is 18.5. The first-order chi connectivity index (χ1) is 74.2. The largest absolute Gasteiger partial charge is 0.312 e. The van der Waals surface area contributed by atoms with Gasteiger partial charge in [-0.1, -0.05) is 492 Å². The van der Waals surface area contributed by atoms with Gasteiger partial charge in [-0.15, -0.1) is 0 Å². The normalized spacial score (nSPS) is 12.0. The van der Waals surface area contributed by atoms with Gasteiger partial charge in [0, 0.05) is 85.3 Å². The van der Waals surface area contributed by atoms with E-state index in [0.717, 1.165) is 45.5 Å². The summed E-state index contributed by atoms with van der Waals surface area (Å²) in [6.45, 7) is 7.01. The molecule has 0 bridgehead atoms. The maximum absolute atomic E-state index is 2.47. The Labute approximate surface area is 882 Å². The van der Waals surface area contributed by atoms with Crippen LogP contribution in [0.25, 0.3) is 77.9 Å². The van der Waals surface area contributed by atoms with Crippen molar-refractivity contribution in [3.63, 3.8) is 0 Å². The van der Waals surface area contributed by atoms with E-state index in [4.69, 9.17) is 0 Å². The lowest BCUT2D eigenvalue weighted by Gasteiger charge is -2.39. The van der Waals surface area contributed by atoms with Crippen molar-refractivity contribution in [3.8, 4) is 77.9 Å². The fraction of sp³-hybridized carbons (Fsp3) is 0.0282. The zero-order valence-electron chi connectivity index (χ0n) is 84.1. The second-order valence-corrected chi connectivity index (χ2v) is 39.6. The lowest BCUT2D eigenvalue weighted by Crippen LogP contribution is -2.58. The number of rotatable bonds is 19. The molecule has 0 saturated heterocycles. The van der Waals surface area contributed by atoms with Crippen molar-refractivity contribution in [3.05, 3.63) is 606 Å². The van der Waals surface area contributed by atoms with E-state index >= 15 is 0 Å². The van der Waals surface area contributed by atoms with Gasteiger partial charge in [-0.25, -0.2) is 0 Å². The highest BCUT2D eigenvalue weighted by molar-refractivity contribution is 7.01. The molecule has 0 amide bonds. The Morgan fingerprint density at radius 3 is 0.607 bits per heavy atom. The van der Waals surface area contributed by atoms with Crippen LogP contribution in [0.5, 0.6) is 0 Å². The number of anilines is 15. The summed E-state index contributed by atoms with van der Waals surface area (Å²) in [6, 6.07) is 217. The monoisotopic (exact) mass is 1920 g/mol. The second kappa shape index (κ2) is 42.1. The van der Waals surface area contributed by atoms with E-state index in [1.165, 1.54) is 172 Å². The minimum Gasteiger partial charge on any atom is -0.312 e. The predicted octanol–water partition coefficient (Wildman–Crippen LogP) is 31.9. The van der Waals surface area contributed by atoms with Crippen molar-refractivity contribution in [2.45, 2.75) is 26.2 Å². The third-order valence-corrected chi connectivity index (χ3v) is 29.6. The van der Waals surface area contributed by atoms with Crippen LogP contribution in [0.15, 0.2) is 601 Å². The molecule has 23 aromatic rings. The zero-order valence-corrected chi connectivity index (χ0v) is 84.1. The average molecular weight is 1920 g/mol. The summed E-state index contributed by atoms with van der Waals surface area (Å²) >= 11 is 0. The number of para-hydroxylation sites is 10. The molecule has 150 heavy (non-hydrogen) atoms. The van der Waals surface area contributed by atoms with Gasteiger partial charge in [-0.3, -0.25) is 0 Å². The highest BCUT2D eigenvalue weighted by atomic mass is 15.2. The smallest absolute Gasteiger partial charge is 0.248 e. The lowest BCUT2D eigenvalue weighted by molar-refractivity contribution is 0.591. The molecule has 0 N–H and O–H groups in total. The van der Waals surface area contributed by atoms with Crippen molar-refractivity contribution in [2.75, 3.05) is 24.5 Å². The number of hydrogen-bond donors (Lipinski definition) is 0. The zero-order chi connectivity index (χ0) is 101. The van der Waals surface area contributed by atoms with Gasteiger partial charge in [-0.2, -0.15) is 0 Å². The van der Waals surface area contributed by atoms with E-state index in [1.54, 1.807) is 0 Å². The molecule has 8 heteroatoms.